The summed E-state index contributed by atoms with van der Waals surface area (Å²) in [5.74, 6) is -0.936. The van der Waals surface area contributed by atoms with Crippen molar-refractivity contribution in [2.45, 2.75) is 44.6 Å². The highest BCUT2D eigenvalue weighted by Gasteiger charge is 2.41. The lowest BCUT2D eigenvalue weighted by Crippen LogP contribution is -2.48. The van der Waals surface area contributed by atoms with E-state index >= 15 is 0 Å². The van der Waals surface area contributed by atoms with Gasteiger partial charge in [0, 0.05) is 11.8 Å². The summed E-state index contributed by atoms with van der Waals surface area (Å²) in [6.07, 6.45) is 3.47. The highest BCUT2D eigenvalue weighted by molar-refractivity contribution is 5.83. The number of hydrogen-bond donors (Lipinski definition) is 2. The first-order valence-corrected chi connectivity index (χ1v) is 6.58. The minimum Gasteiger partial charge on any atom is -0.480 e. The standard InChI is InChI=1S/C13H17N3O4/c1-9-5-6-10(16(19)20)11(14-9)15-13(12(17)18)7-3-2-4-8-13/h5-6H,2-4,7-8H2,1H3,(H,14,15)(H,17,18). The second kappa shape index (κ2) is 5.44. The zero-order valence-corrected chi connectivity index (χ0v) is 11.3. The predicted octanol–water partition coefficient (Wildman–Crippen LogP) is 2.50. The quantitative estimate of drug-likeness (QED) is 0.648. The monoisotopic (exact) mass is 279 g/mol. The fourth-order valence-corrected chi connectivity index (χ4v) is 2.56. The van der Waals surface area contributed by atoms with Gasteiger partial charge in [-0.3, -0.25) is 10.1 Å². The van der Waals surface area contributed by atoms with E-state index in [1.165, 1.54) is 12.1 Å². The molecule has 0 unspecified atom stereocenters. The first kappa shape index (κ1) is 14.2. The van der Waals surface area contributed by atoms with Gasteiger partial charge >= 0.3 is 11.7 Å². The molecule has 0 spiro atoms. The average Bonchev–Trinajstić information content (AvgIpc) is 2.39. The van der Waals surface area contributed by atoms with Crippen LogP contribution in [0.1, 0.15) is 37.8 Å². The van der Waals surface area contributed by atoms with Crippen molar-refractivity contribution in [1.29, 1.82) is 0 Å². The van der Waals surface area contributed by atoms with Crippen LogP contribution in [0.5, 0.6) is 0 Å². The molecule has 7 nitrogen and oxygen atoms in total. The number of nitrogens with zero attached hydrogens (tertiary/aromatic N) is 2. The van der Waals surface area contributed by atoms with Gasteiger partial charge in [-0.1, -0.05) is 19.3 Å². The lowest BCUT2D eigenvalue weighted by Gasteiger charge is -2.34. The zero-order valence-electron chi connectivity index (χ0n) is 11.3. The molecule has 2 rings (SSSR count). The van der Waals surface area contributed by atoms with Crippen LogP contribution in [-0.4, -0.2) is 26.5 Å². The molecular weight excluding hydrogens is 262 g/mol. The van der Waals surface area contributed by atoms with E-state index < -0.39 is 16.4 Å². The van der Waals surface area contributed by atoms with Gasteiger partial charge in [0.05, 0.1) is 4.92 Å². The Kier molecular flexibility index (Phi) is 3.87. The van der Waals surface area contributed by atoms with E-state index in [2.05, 4.69) is 10.3 Å². The van der Waals surface area contributed by atoms with Gasteiger partial charge in [-0.05, 0) is 25.8 Å². The smallest absolute Gasteiger partial charge is 0.329 e. The highest BCUT2D eigenvalue weighted by Crippen LogP contribution is 2.34. The van der Waals surface area contributed by atoms with Crippen LogP contribution in [0.25, 0.3) is 0 Å². The van der Waals surface area contributed by atoms with Crippen molar-refractivity contribution in [2.75, 3.05) is 5.32 Å². The minimum atomic E-state index is -1.15. The molecule has 1 aromatic heterocycles. The van der Waals surface area contributed by atoms with Gasteiger partial charge in [0.15, 0.2) is 0 Å². The largest absolute Gasteiger partial charge is 0.480 e. The van der Waals surface area contributed by atoms with Crippen LogP contribution in [0.4, 0.5) is 11.5 Å². The Morgan fingerprint density at radius 3 is 2.60 bits per heavy atom. The van der Waals surface area contributed by atoms with Gasteiger partial charge in [0.1, 0.15) is 5.54 Å². The molecular formula is C13H17N3O4. The number of aromatic nitrogens is 1. The van der Waals surface area contributed by atoms with E-state index in [-0.39, 0.29) is 11.5 Å². The van der Waals surface area contributed by atoms with Crippen LogP contribution < -0.4 is 5.32 Å². The maximum Gasteiger partial charge on any atom is 0.329 e. The fourth-order valence-electron chi connectivity index (χ4n) is 2.56. The molecule has 1 aliphatic carbocycles. The third kappa shape index (κ3) is 2.71. The van der Waals surface area contributed by atoms with Gasteiger partial charge in [-0.2, -0.15) is 0 Å². The third-order valence-corrected chi connectivity index (χ3v) is 3.68. The van der Waals surface area contributed by atoms with Crippen LogP contribution in [0.2, 0.25) is 0 Å². The van der Waals surface area contributed by atoms with Gasteiger partial charge in [-0.25, -0.2) is 9.78 Å². The molecule has 2 N–H and O–H groups in total. The minimum absolute atomic E-state index is 0.0410. The highest BCUT2D eigenvalue weighted by atomic mass is 16.6. The molecule has 1 aromatic rings. The van der Waals surface area contributed by atoms with E-state index in [0.717, 1.165) is 19.3 Å². The van der Waals surface area contributed by atoms with Crippen LogP contribution >= 0.6 is 0 Å². The molecule has 108 valence electrons. The zero-order chi connectivity index (χ0) is 14.8. The molecule has 0 aromatic carbocycles. The summed E-state index contributed by atoms with van der Waals surface area (Å²) in [5.41, 5.74) is -0.736. The molecule has 1 heterocycles. The number of carboxylic acid groups (broad SMARTS) is 1. The summed E-state index contributed by atoms with van der Waals surface area (Å²) in [6.45, 7) is 1.71. The molecule has 7 heteroatoms. The topological polar surface area (TPSA) is 105 Å². The molecule has 20 heavy (non-hydrogen) atoms. The maximum absolute atomic E-state index is 11.6. The number of pyridine rings is 1. The van der Waals surface area contributed by atoms with Crippen LogP contribution in [0, 0.1) is 17.0 Å². The molecule has 1 saturated carbocycles. The molecule has 0 atom stereocenters. The fraction of sp³-hybridized carbons (Fsp3) is 0.538. The lowest BCUT2D eigenvalue weighted by molar-refractivity contribution is -0.384. The van der Waals surface area contributed by atoms with Gasteiger partial charge in [0.25, 0.3) is 0 Å². The number of carbonyl (C=O) groups is 1. The van der Waals surface area contributed by atoms with Crippen LogP contribution in [0.3, 0.4) is 0 Å². The number of aryl methyl sites for hydroxylation is 1. The van der Waals surface area contributed by atoms with Crippen molar-refractivity contribution in [3.8, 4) is 0 Å². The van der Waals surface area contributed by atoms with E-state index in [1.54, 1.807) is 6.92 Å². The molecule has 0 radical (unpaired) electrons. The number of rotatable bonds is 4. The van der Waals surface area contributed by atoms with Crippen molar-refractivity contribution in [1.82, 2.24) is 4.98 Å². The molecule has 0 bridgehead atoms. The van der Waals surface area contributed by atoms with Gasteiger partial charge < -0.3 is 10.4 Å². The average molecular weight is 279 g/mol. The molecule has 1 fully saturated rings. The van der Waals surface area contributed by atoms with Crippen molar-refractivity contribution < 1.29 is 14.8 Å². The van der Waals surface area contributed by atoms with Crippen molar-refractivity contribution in [2.24, 2.45) is 0 Å². The number of aliphatic carboxylic acids is 1. The summed E-state index contributed by atoms with van der Waals surface area (Å²) in [5, 5.41) is 23.3. The SMILES string of the molecule is Cc1ccc([N+](=O)[O-])c(NC2(C(=O)O)CCCCC2)n1. The van der Waals surface area contributed by atoms with E-state index in [4.69, 9.17) is 0 Å². The van der Waals surface area contributed by atoms with Crippen molar-refractivity contribution in [3.05, 3.63) is 27.9 Å². The van der Waals surface area contributed by atoms with Crippen molar-refractivity contribution in [3.63, 3.8) is 0 Å². The van der Waals surface area contributed by atoms with Gasteiger partial charge in [0.2, 0.25) is 5.82 Å². The summed E-state index contributed by atoms with van der Waals surface area (Å²) in [4.78, 5) is 26.2. The number of nitrogens with one attached hydrogen (secondary N) is 1. The van der Waals surface area contributed by atoms with Crippen LogP contribution in [-0.2, 0) is 4.79 Å². The number of anilines is 1. The Morgan fingerprint density at radius 2 is 2.05 bits per heavy atom. The van der Waals surface area contributed by atoms with Crippen molar-refractivity contribution >= 4 is 17.5 Å². The molecule has 0 aliphatic heterocycles. The molecule has 0 saturated heterocycles. The Morgan fingerprint density at radius 1 is 1.40 bits per heavy atom. The Hall–Kier alpha value is -2.18. The van der Waals surface area contributed by atoms with E-state index in [1.807, 2.05) is 0 Å². The second-order valence-corrected chi connectivity index (χ2v) is 5.15. The molecule has 1 aliphatic rings. The van der Waals surface area contributed by atoms with Crippen LogP contribution in [0.15, 0.2) is 12.1 Å². The first-order valence-electron chi connectivity index (χ1n) is 6.58. The summed E-state index contributed by atoms with van der Waals surface area (Å²) < 4.78 is 0. The second-order valence-electron chi connectivity index (χ2n) is 5.15. The predicted molar refractivity (Wildman–Crippen MR) is 72.7 cm³/mol. The normalized spacial score (nSPS) is 17.4. The van der Waals surface area contributed by atoms with E-state index in [9.17, 15) is 20.0 Å². The number of hydrogen-bond acceptors (Lipinski definition) is 5. The lowest BCUT2D eigenvalue weighted by atomic mass is 9.81. The maximum atomic E-state index is 11.6. The summed E-state index contributed by atoms with van der Waals surface area (Å²) >= 11 is 0. The molecule has 0 amide bonds. The van der Waals surface area contributed by atoms with E-state index in [0.29, 0.717) is 18.5 Å². The summed E-state index contributed by atoms with van der Waals surface area (Å²) in [7, 11) is 0. The summed E-state index contributed by atoms with van der Waals surface area (Å²) in [6, 6.07) is 2.89. The first-order chi connectivity index (χ1) is 9.44. The third-order valence-electron chi connectivity index (χ3n) is 3.68. The Labute approximate surface area is 116 Å². The Balaban J connectivity index is 2.38. The van der Waals surface area contributed by atoms with Gasteiger partial charge in [-0.15, -0.1) is 0 Å². The number of carboxylic acids is 1. The Bertz CT molecular complexity index is 538. The number of nitro groups is 1.